The molecule has 2 unspecified atom stereocenters. The van der Waals surface area contributed by atoms with E-state index in [4.69, 9.17) is 10.5 Å². The Labute approximate surface area is 97.8 Å². The van der Waals surface area contributed by atoms with Gasteiger partial charge < -0.3 is 10.5 Å². The summed E-state index contributed by atoms with van der Waals surface area (Å²) in [4.78, 5) is 0. The summed E-state index contributed by atoms with van der Waals surface area (Å²) in [7, 11) is 0. The van der Waals surface area contributed by atoms with E-state index >= 15 is 0 Å². The molecule has 0 bridgehead atoms. The summed E-state index contributed by atoms with van der Waals surface area (Å²) in [6.45, 7) is 2.89. The minimum atomic E-state index is 0.400. The molecule has 0 heterocycles. The molecule has 2 nitrogen and oxygen atoms in total. The second-order valence-electron chi connectivity index (χ2n) is 4.86. The third-order valence-electron chi connectivity index (χ3n) is 3.33. The van der Waals surface area contributed by atoms with Crippen molar-refractivity contribution >= 4 is 0 Å². The van der Waals surface area contributed by atoms with E-state index in [-0.39, 0.29) is 0 Å². The zero-order valence-electron chi connectivity index (χ0n) is 9.99. The van der Waals surface area contributed by atoms with Gasteiger partial charge in [-0.3, -0.25) is 0 Å². The molecule has 0 amide bonds. The first-order valence-corrected chi connectivity index (χ1v) is 6.23. The van der Waals surface area contributed by atoms with Gasteiger partial charge in [0, 0.05) is 6.54 Å². The zero-order chi connectivity index (χ0) is 11.4. The first-order valence-electron chi connectivity index (χ1n) is 6.23. The van der Waals surface area contributed by atoms with Crippen molar-refractivity contribution in [3.8, 4) is 5.75 Å². The molecule has 2 heteroatoms. The van der Waals surface area contributed by atoms with Gasteiger partial charge in [0.05, 0.1) is 6.10 Å². The summed E-state index contributed by atoms with van der Waals surface area (Å²) in [5, 5.41) is 0. The molecule has 1 aromatic carbocycles. The van der Waals surface area contributed by atoms with Crippen molar-refractivity contribution in [2.45, 2.75) is 45.3 Å². The van der Waals surface area contributed by atoms with Gasteiger partial charge in [0.25, 0.3) is 0 Å². The maximum Gasteiger partial charge on any atom is 0.120 e. The third-order valence-corrected chi connectivity index (χ3v) is 3.33. The van der Waals surface area contributed by atoms with Gasteiger partial charge in [-0.15, -0.1) is 0 Å². The van der Waals surface area contributed by atoms with Crippen LogP contribution in [0.4, 0.5) is 0 Å². The highest BCUT2D eigenvalue weighted by Gasteiger charge is 2.20. The summed E-state index contributed by atoms with van der Waals surface area (Å²) in [6, 6.07) is 8.14. The van der Waals surface area contributed by atoms with Crippen LogP contribution in [0.5, 0.6) is 5.75 Å². The second kappa shape index (κ2) is 5.35. The summed E-state index contributed by atoms with van der Waals surface area (Å²) >= 11 is 0. The minimum Gasteiger partial charge on any atom is -0.490 e. The molecule has 1 aliphatic carbocycles. The molecular weight excluding hydrogens is 198 g/mol. The van der Waals surface area contributed by atoms with Crippen LogP contribution in [-0.4, -0.2) is 6.10 Å². The molecule has 0 saturated heterocycles. The van der Waals surface area contributed by atoms with Gasteiger partial charge in [-0.25, -0.2) is 0 Å². The molecule has 2 atom stereocenters. The summed E-state index contributed by atoms with van der Waals surface area (Å²) in [6.07, 6.45) is 5.42. The van der Waals surface area contributed by atoms with Crippen LogP contribution in [0.1, 0.15) is 38.2 Å². The Kier molecular flexibility index (Phi) is 3.83. The van der Waals surface area contributed by atoms with E-state index in [1.54, 1.807) is 0 Å². The number of nitrogens with two attached hydrogens (primary N) is 1. The van der Waals surface area contributed by atoms with Crippen LogP contribution in [0.25, 0.3) is 0 Å². The molecule has 1 aromatic rings. The Balaban J connectivity index is 1.97. The van der Waals surface area contributed by atoms with Crippen LogP contribution in [0.3, 0.4) is 0 Å². The van der Waals surface area contributed by atoms with E-state index in [1.807, 2.05) is 18.2 Å². The van der Waals surface area contributed by atoms with Gasteiger partial charge >= 0.3 is 0 Å². The fourth-order valence-corrected chi connectivity index (χ4v) is 2.42. The van der Waals surface area contributed by atoms with E-state index in [2.05, 4.69) is 13.0 Å². The summed E-state index contributed by atoms with van der Waals surface area (Å²) in [5.41, 5.74) is 6.76. The fraction of sp³-hybridized carbons (Fsp3) is 0.571. The largest absolute Gasteiger partial charge is 0.490 e. The van der Waals surface area contributed by atoms with Gasteiger partial charge in [0.15, 0.2) is 0 Å². The van der Waals surface area contributed by atoms with Gasteiger partial charge in [-0.2, -0.15) is 0 Å². The van der Waals surface area contributed by atoms with Gasteiger partial charge in [0.2, 0.25) is 0 Å². The number of rotatable bonds is 3. The lowest BCUT2D eigenvalue weighted by molar-refractivity contribution is 0.129. The minimum absolute atomic E-state index is 0.400. The van der Waals surface area contributed by atoms with Crippen molar-refractivity contribution in [2.75, 3.05) is 0 Å². The average molecular weight is 219 g/mol. The Morgan fingerprint density at radius 1 is 1.38 bits per heavy atom. The molecule has 0 aliphatic heterocycles. The second-order valence-corrected chi connectivity index (χ2v) is 4.86. The molecule has 1 fully saturated rings. The van der Waals surface area contributed by atoms with Gasteiger partial charge in [0.1, 0.15) is 5.75 Å². The maximum atomic E-state index is 6.01. The standard InChI is InChI=1S/C14H21NO/c1-11-4-2-6-13(8-11)16-14-7-3-5-12(9-14)10-15/h3,5,7,9,11,13H,2,4,6,8,10,15H2,1H3. The highest BCUT2D eigenvalue weighted by Crippen LogP contribution is 2.27. The number of hydrogen-bond donors (Lipinski definition) is 1. The molecular formula is C14H21NO. The Morgan fingerprint density at radius 3 is 3.00 bits per heavy atom. The monoisotopic (exact) mass is 219 g/mol. The molecule has 1 saturated carbocycles. The third kappa shape index (κ3) is 2.99. The van der Waals surface area contributed by atoms with Crippen LogP contribution in [0.2, 0.25) is 0 Å². The number of benzene rings is 1. The predicted octanol–water partition coefficient (Wildman–Crippen LogP) is 3.10. The quantitative estimate of drug-likeness (QED) is 0.847. The Hall–Kier alpha value is -1.02. The van der Waals surface area contributed by atoms with Crippen LogP contribution >= 0.6 is 0 Å². The first kappa shape index (κ1) is 11.5. The molecule has 88 valence electrons. The predicted molar refractivity (Wildman–Crippen MR) is 66.4 cm³/mol. The van der Waals surface area contributed by atoms with Crippen molar-refractivity contribution < 1.29 is 4.74 Å². The van der Waals surface area contributed by atoms with Crippen molar-refractivity contribution in [2.24, 2.45) is 11.7 Å². The van der Waals surface area contributed by atoms with E-state index in [1.165, 1.54) is 25.7 Å². The van der Waals surface area contributed by atoms with Crippen molar-refractivity contribution in [3.63, 3.8) is 0 Å². The van der Waals surface area contributed by atoms with Crippen LogP contribution in [-0.2, 0) is 6.54 Å². The number of hydrogen-bond acceptors (Lipinski definition) is 2. The van der Waals surface area contributed by atoms with E-state index in [9.17, 15) is 0 Å². The molecule has 0 radical (unpaired) electrons. The van der Waals surface area contributed by atoms with Crippen molar-refractivity contribution in [3.05, 3.63) is 29.8 Å². The molecule has 0 aromatic heterocycles. The molecule has 16 heavy (non-hydrogen) atoms. The highest BCUT2D eigenvalue weighted by molar-refractivity contribution is 5.28. The van der Waals surface area contributed by atoms with Crippen LogP contribution < -0.4 is 10.5 Å². The van der Waals surface area contributed by atoms with E-state index < -0.39 is 0 Å². The maximum absolute atomic E-state index is 6.01. The lowest BCUT2D eigenvalue weighted by Gasteiger charge is -2.27. The summed E-state index contributed by atoms with van der Waals surface area (Å²) < 4.78 is 6.01. The normalized spacial score (nSPS) is 25.4. The first-order chi connectivity index (χ1) is 7.78. The average Bonchev–Trinajstić information content (AvgIpc) is 2.29. The number of ether oxygens (including phenoxy) is 1. The molecule has 0 spiro atoms. The Morgan fingerprint density at radius 2 is 2.25 bits per heavy atom. The lowest BCUT2D eigenvalue weighted by Crippen LogP contribution is -2.24. The van der Waals surface area contributed by atoms with Gasteiger partial charge in [-0.05, 0) is 42.9 Å². The SMILES string of the molecule is CC1CCCC(Oc2cccc(CN)c2)C1. The summed E-state index contributed by atoms with van der Waals surface area (Å²) in [5.74, 6) is 1.78. The van der Waals surface area contributed by atoms with Crippen LogP contribution in [0, 0.1) is 5.92 Å². The van der Waals surface area contributed by atoms with Crippen molar-refractivity contribution in [1.29, 1.82) is 0 Å². The molecule has 2 rings (SSSR count). The lowest BCUT2D eigenvalue weighted by atomic mass is 9.89. The molecule has 1 aliphatic rings. The topological polar surface area (TPSA) is 35.2 Å². The highest BCUT2D eigenvalue weighted by atomic mass is 16.5. The van der Waals surface area contributed by atoms with E-state index in [0.717, 1.165) is 17.2 Å². The van der Waals surface area contributed by atoms with Crippen LogP contribution in [0.15, 0.2) is 24.3 Å². The fourth-order valence-electron chi connectivity index (χ4n) is 2.42. The smallest absolute Gasteiger partial charge is 0.120 e. The van der Waals surface area contributed by atoms with Crippen molar-refractivity contribution in [1.82, 2.24) is 0 Å². The van der Waals surface area contributed by atoms with E-state index in [0.29, 0.717) is 12.6 Å². The Bertz CT molecular complexity index is 337. The van der Waals surface area contributed by atoms with Gasteiger partial charge in [-0.1, -0.05) is 25.5 Å². The molecule has 2 N–H and O–H groups in total. The zero-order valence-corrected chi connectivity index (χ0v) is 9.99.